The SMILES string of the molecule is CC(C)CP(CC(C)C)CC(C)C.CC(C)P(C(C)C)C(C)C.CCC(C)P(CC)CC.CCCP(C)CCC.CCP(CC)c1ccccc1.CP(C)C(C)(C)C.c1ccc(P(c2ccccc2)c2ccccc2)cc1. The molecule has 0 aromatic heterocycles. The highest BCUT2D eigenvalue weighted by Gasteiger charge is 2.20. The Bertz CT molecular complexity index is 1660. The summed E-state index contributed by atoms with van der Waals surface area (Å²) in [7, 11) is 1.35. The standard InChI is InChI=1S/C18H15P.C12H27P.C10H15P.C9H21P.C8H19P.C7H17P.C6H15P/c1-4-10-16(11-5-1)19(17-12-6-2-7-13-17)18-14-8-3-9-15-18;1-10(2)7-13(8-11(3)4)9-12(5)6;1-3-11(4-2)10-8-6-5-7-9-10;1-7(2)10(8(3)4)9(5)6;1-5-8(4)9(6-2)7-3;1-4-6-8(3)7-5-2;1-6(2,3)7(4)5/h1-15H;10-12H,7-9H2,1-6H3;5-9H,3-4H2,1-2H3;7-9H,1-6H3;8H,5-7H2,1-4H3;4-7H2,1-3H3;1-5H3. The van der Waals surface area contributed by atoms with E-state index in [9.17, 15) is 0 Å². The van der Waals surface area contributed by atoms with Crippen molar-refractivity contribution in [3.8, 4) is 0 Å². The Balaban J connectivity index is -0.000000855. The first-order valence-electron chi connectivity index (χ1n) is 30.6. The molecule has 4 aromatic carbocycles. The summed E-state index contributed by atoms with van der Waals surface area (Å²) < 4.78 is 0. The topological polar surface area (TPSA) is 0 Å². The maximum Gasteiger partial charge on any atom is -0.0134 e. The van der Waals surface area contributed by atoms with Gasteiger partial charge in [-0.25, -0.2) is 0 Å². The molecule has 0 saturated carbocycles. The predicted molar refractivity (Wildman–Crippen MR) is 387 cm³/mol. The number of rotatable bonds is 23. The Hall–Kier alpha value is -0.110. The molecule has 1 unspecified atom stereocenters. The van der Waals surface area contributed by atoms with Crippen LogP contribution in [0.15, 0.2) is 121 Å². The van der Waals surface area contributed by atoms with Gasteiger partial charge in [0.2, 0.25) is 0 Å². The smallest absolute Gasteiger partial charge is 0.0134 e. The van der Waals surface area contributed by atoms with Crippen molar-refractivity contribution in [1.82, 2.24) is 0 Å². The molecule has 0 amide bonds. The molecule has 0 heterocycles. The van der Waals surface area contributed by atoms with E-state index in [2.05, 4.69) is 301 Å². The maximum atomic E-state index is 2.41. The van der Waals surface area contributed by atoms with Crippen LogP contribution >= 0.6 is 55.5 Å². The molecule has 1 atom stereocenters. The van der Waals surface area contributed by atoms with Crippen molar-refractivity contribution in [2.45, 2.75) is 206 Å². The lowest BCUT2D eigenvalue weighted by molar-refractivity contribution is 0.695. The summed E-state index contributed by atoms with van der Waals surface area (Å²) in [5.41, 5.74) is 3.69. The molecule has 0 fully saturated rings. The van der Waals surface area contributed by atoms with Gasteiger partial charge in [-0.1, -0.05) is 309 Å². The van der Waals surface area contributed by atoms with Gasteiger partial charge >= 0.3 is 0 Å². The molecule has 0 saturated heterocycles. The van der Waals surface area contributed by atoms with Gasteiger partial charge in [0, 0.05) is 0 Å². The highest BCUT2D eigenvalue weighted by molar-refractivity contribution is 7.79. The molecule has 0 nitrogen and oxygen atoms in total. The normalized spacial score (nSPS) is 11.8. The van der Waals surface area contributed by atoms with Gasteiger partial charge in [0.1, 0.15) is 0 Å². The molecule has 0 N–H and O–H groups in total. The zero-order valence-electron chi connectivity index (χ0n) is 55.7. The van der Waals surface area contributed by atoms with Gasteiger partial charge in [0.05, 0.1) is 0 Å². The van der Waals surface area contributed by atoms with Crippen LogP contribution in [0.2, 0.25) is 0 Å². The van der Waals surface area contributed by atoms with Crippen molar-refractivity contribution in [3.63, 3.8) is 0 Å². The Labute approximate surface area is 494 Å². The molecule has 4 aromatic rings. The minimum absolute atomic E-state index is 0.149. The van der Waals surface area contributed by atoms with Crippen molar-refractivity contribution in [1.29, 1.82) is 0 Å². The van der Waals surface area contributed by atoms with Crippen molar-refractivity contribution >= 4 is 76.7 Å². The first-order valence-corrected chi connectivity index (χ1v) is 43.2. The first kappa shape index (κ1) is 81.1. The molecule has 0 spiro atoms. The molecule has 444 valence electrons. The molecular weight excluding hydrogens is 1060 g/mol. The van der Waals surface area contributed by atoms with Gasteiger partial charge in [0.25, 0.3) is 0 Å². The Morgan fingerprint density at radius 3 is 0.831 bits per heavy atom. The minimum atomic E-state index is -0.446. The molecule has 77 heavy (non-hydrogen) atoms. The third-order valence-electron chi connectivity index (χ3n) is 13.2. The summed E-state index contributed by atoms with van der Waals surface area (Å²) in [4.78, 5) is 0. The third-order valence-corrected chi connectivity index (χ3v) is 33.8. The van der Waals surface area contributed by atoms with Gasteiger partial charge in [-0.05, 0) is 157 Å². The van der Waals surface area contributed by atoms with E-state index >= 15 is 0 Å². The lowest BCUT2D eigenvalue weighted by Gasteiger charge is -2.29. The highest BCUT2D eigenvalue weighted by Crippen LogP contribution is 2.50. The van der Waals surface area contributed by atoms with Crippen LogP contribution in [0, 0.1) is 17.8 Å². The highest BCUT2D eigenvalue weighted by atomic mass is 31.1. The van der Waals surface area contributed by atoms with E-state index in [1.54, 1.807) is 5.30 Å². The lowest BCUT2D eigenvalue weighted by atomic mass is 10.3. The van der Waals surface area contributed by atoms with E-state index < -0.39 is 7.92 Å². The average molecular weight is 1190 g/mol. The zero-order chi connectivity index (χ0) is 59.5. The summed E-state index contributed by atoms with van der Waals surface area (Å²) in [5.74, 6) is 2.68. The Kier molecular flexibility index (Phi) is 53.1. The molecule has 0 aliphatic heterocycles. The summed E-state index contributed by atoms with van der Waals surface area (Å²) in [6, 6.07) is 43.2. The van der Waals surface area contributed by atoms with Crippen LogP contribution in [0.1, 0.15) is 179 Å². The largest absolute Gasteiger partial charge is 0.110 e. The van der Waals surface area contributed by atoms with Crippen LogP contribution in [0.3, 0.4) is 0 Å². The minimum Gasteiger partial charge on any atom is -0.110 e. The molecule has 0 bridgehead atoms. The van der Waals surface area contributed by atoms with Gasteiger partial charge in [-0.15, -0.1) is 31.7 Å². The summed E-state index contributed by atoms with van der Waals surface area (Å²) in [5, 5.41) is 6.31. The second kappa shape index (κ2) is 50.4. The molecule has 0 radical (unpaired) electrons. The summed E-state index contributed by atoms with van der Waals surface area (Å²) >= 11 is 0. The second-order valence-corrected chi connectivity index (χ2v) is 44.4. The summed E-state index contributed by atoms with van der Waals surface area (Å²) in [6.07, 6.45) is 17.0. The maximum absolute atomic E-state index is 2.41. The van der Waals surface area contributed by atoms with E-state index in [-0.39, 0.29) is 23.8 Å². The van der Waals surface area contributed by atoms with Crippen molar-refractivity contribution in [2.24, 2.45) is 17.8 Å². The van der Waals surface area contributed by atoms with Gasteiger partial charge in [-0.2, -0.15) is 0 Å². The Morgan fingerprint density at radius 2 is 0.662 bits per heavy atom. The van der Waals surface area contributed by atoms with Crippen LogP contribution in [0.25, 0.3) is 0 Å². The van der Waals surface area contributed by atoms with Crippen molar-refractivity contribution in [3.05, 3.63) is 121 Å². The fourth-order valence-electron chi connectivity index (χ4n) is 8.95. The van der Waals surface area contributed by atoms with E-state index in [0.29, 0.717) is 28.9 Å². The number of hydrogen-bond acceptors (Lipinski definition) is 0. The van der Waals surface area contributed by atoms with E-state index in [1.807, 2.05) is 0 Å². The van der Waals surface area contributed by atoms with Gasteiger partial charge in [0.15, 0.2) is 0 Å². The fourth-order valence-corrected chi connectivity index (χ4v) is 24.1. The van der Waals surface area contributed by atoms with E-state index in [4.69, 9.17) is 0 Å². The second-order valence-electron chi connectivity index (χ2n) is 23.8. The van der Waals surface area contributed by atoms with Crippen LogP contribution in [-0.2, 0) is 0 Å². The molecule has 0 aliphatic carbocycles. The van der Waals surface area contributed by atoms with Crippen molar-refractivity contribution in [2.75, 3.05) is 75.5 Å². The van der Waals surface area contributed by atoms with Crippen LogP contribution < -0.4 is 21.2 Å². The third kappa shape index (κ3) is 43.2. The molecule has 7 heteroatoms. The van der Waals surface area contributed by atoms with E-state index in [0.717, 1.165) is 40.4 Å². The van der Waals surface area contributed by atoms with Crippen molar-refractivity contribution < 1.29 is 0 Å². The first-order chi connectivity index (χ1) is 36.2. The van der Waals surface area contributed by atoms with Crippen LogP contribution in [-0.4, -0.2) is 103 Å². The number of benzene rings is 4. The average Bonchev–Trinajstić information content (AvgIpc) is 3.36. The Morgan fingerprint density at radius 1 is 0.390 bits per heavy atom. The predicted octanol–water partition coefficient (Wildman–Crippen LogP) is 23.2. The molecule has 0 aliphatic rings. The molecular formula is C70H129P7. The summed E-state index contributed by atoms with van der Waals surface area (Å²) in [6.45, 7) is 60.6. The van der Waals surface area contributed by atoms with Gasteiger partial charge < -0.3 is 0 Å². The molecule has 4 rings (SSSR count). The van der Waals surface area contributed by atoms with Gasteiger partial charge in [-0.3, -0.25) is 0 Å². The van der Waals surface area contributed by atoms with E-state index in [1.165, 1.54) is 90.6 Å². The monoisotopic (exact) mass is 1190 g/mol. The van der Waals surface area contributed by atoms with Crippen LogP contribution in [0.4, 0.5) is 0 Å². The zero-order valence-corrected chi connectivity index (χ0v) is 62.0. The lowest BCUT2D eigenvalue weighted by Crippen LogP contribution is -2.20. The quantitative estimate of drug-likeness (QED) is 0.0650. The fraction of sp³-hybridized carbons (Fsp3) is 0.657. The number of hydrogen-bond donors (Lipinski definition) is 0. The van der Waals surface area contributed by atoms with Crippen LogP contribution in [0.5, 0.6) is 0 Å².